The van der Waals surface area contributed by atoms with Crippen molar-refractivity contribution < 1.29 is 4.79 Å². The van der Waals surface area contributed by atoms with Crippen LogP contribution in [0.5, 0.6) is 0 Å². The summed E-state index contributed by atoms with van der Waals surface area (Å²) >= 11 is 0. The zero-order chi connectivity index (χ0) is 15.8. The van der Waals surface area contributed by atoms with Crippen molar-refractivity contribution in [2.24, 2.45) is 11.0 Å². The summed E-state index contributed by atoms with van der Waals surface area (Å²) in [5, 5.41) is 7.17. The zero-order valence-corrected chi connectivity index (χ0v) is 12.9. The summed E-state index contributed by atoms with van der Waals surface area (Å²) in [7, 11) is 0. The quantitative estimate of drug-likeness (QED) is 0.787. The molecule has 1 unspecified atom stereocenters. The SMILES string of the molecule is CC1=NN(c2ccccc2)C(=O)C1Cc1c[nH]c2ccccc12. The fraction of sp³-hybridized carbons (Fsp3) is 0.158. The van der Waals surface area contributed by atoms with Crippen molar-refractivity contribution in [1.82, 2.24) is 4.98 Å². The average molecular weight is 303 g/mol. The molecule has 2 heterocycles. The number of aromatic amines is 1. The number of nitrogens with zero attached hydrogens (tertiary/aromatic N) is 2. The van der Waals surface area contributed by atoms with E-state index in [4.69, 9.17) is 0 Å². The highest BCUT2D eigenvalue weighted by atomic mass is 16.2. The highest BCUT2D eigenvalue weighted by Crippen LogP contribution is 2.28. The van der Waals surface area contributed by atoms with E-state index in [2.05, 4.69) is 16.2 Å². The molecule has 0 saturated carbocycles. The van der Waals surface area contributed by atoms with Gasteiger partial charge in [-0.2, -0.15) is 5.10 Å². The lowest BCUT2D eigenvalue weighted by Gasteiger charge is -2.14. The van der Waals surface area contributed by atoms with Crippen LogP contribution in [0, 0.1) is 5.92 Å². The molecular weight excluding hydrogens is 286 g/mol. The normalized spacial score (nSPS) is 17.8. The Kier molecular flexibility index (Phi) is 3.23. The van der Waals surface area contributed by atoms with Crippen molar-refractivity contribution in [3.63, 3.8) is 0 Å². The van der Waals surface area contributed by atoms with Crippen molar-refractivity contribution in [1.29, 1.82) is 0 Å². The molecule has 1 atom stereocenters. The zero-order valence-electron chi connectivity index (χ0n) is 12.9. The largest absolute Gasteiger partial charge is 0.361 e. The number of hydrogen-bond acceptors (Lipinski definition) is 2. The molecule has 4 rings (SSSR count). The first-order chi connectivity index (χ1) is 11.2. The number of anilines is 1. The van der Waals surface area contributed by atoms with Gasteiger partial charge >= 0.3 is 0 Å². The Morgan fingerprint density at radius 3 is 2.65 bits per heavy atom. The van der Waals surface area contributed by atoms with Gasteiger partial charge in [0.15, 0.2) is 0 Å². The van der Waals surface area contributed by atoms with E-state index in [1.807, 2.05) is 61.7 Å². The number of carbonyl (C=O) groups is 1. The second kappa shape index (κ2) is 5.39. The Morgan fingerprint density at radius 1 is 1.09 bits per heavy atom. The van der Waals surface area contributed by atoms with Crippen molar-refractivity contribution >= 4 is 28.2 Å². The summed E-state index contributed by atoms with van der Waals surface area (Å²) in [4.78, 5) is 16.0. The maximum absolute atomic E-state index is 12.8. The molecule has 0 bridgehead atoms. The minimum absolute atomic E-state index is 0.0407. The summed E-state index contributed by atoms with van der Waals surface area (Å²) in [6, 6.07) is 17.7. The highest BCUT2D eigenvalue weighted by Gasteiger charge is 2.34. The molecule has 0 saturated heterocycles. The van der Waals surface area contributed by atoms with Crippen molar-refractivity contribution in [3.8, 4) is 0 Å². The van der Waals surface area contributed by atoms with Crippen LogP contribution in [0.2, 0.25) is 0 Å². The molecule has 23 heavy (non-hydrogen) atoms. The molecule has 0 spiro atoms. The summed E-state index contributed by atoms with van der Waals surface area (Å²) in [5.41, 5.74) is 3.94. The molecule has 1 amide bonds. The predicted octanol–water partition coefficient (Wildman–Crippen LogP) is 3.75. The van der Waals surface area contributed by atoms with Crippen molar-refractivity contribution in [2.45, 2.75) is 13.3 Å². The minimum Gasteiger partial charge on any atom is -0.361 e. The summed E-state index contributed by atoms with van der Waals surface area (Å²) in [5.74, 6) is -0.159. The number of rotatable bonds is 3. The minimum atomic E-state index is -0.200. The number of carbonyl (C=O) groups excluding carboxylic acids is 1. The van der Waals surface area contributed by atoms with Gasteiger partial charge in [0.2, 0.25) is 0 Å². The number of fused-ring (bicyclic) bond motifs is 1. The van der Waals surface area contributed by atoms with E-state index >= 15 is 0 Å². The lowest BCUT2D eigenvalue weighted by molar-refractivity contribution is -0.119. The van der Waals surface area contributed by atoms with Crippen LogP contribution in [0.1, 0.15) is 12.5 Å². The average Bonchev–Trinajstić information content (AvgIpc) is 3.12. The van der Waals surface area contributed by atoms with Gasteiger partial charge in [-0.05, 0) is 37.1 Å². The number of hydrazone groups is 1. The second-order valence-corrected chi connectivity index (χ2v) is 5.84. The third-order valence-corrected chi connectivity index (χ3v) is 4.37. The van der Waals surface area contributed by atoms with E-state index in [-0.39, 0.29) is 11.8 Å². The topological polar surface area (TPSA) is 48.5 Å². The summed E-state index contributed by atoms with van der Waals surface area (Å²) in [6.07, 6.45) is 2.66. The van der Waals surface area contributed by atoms with E-state index in [9.17, 15) is 4.79 Å². The molecule has 2 aromatic carbocycles. The molecular formula is C19H17N3O. The fourth-order valence-corrected chi connectivity index (χ4v) is 3.11. The number of aromatic nitrogens is 1. The van der Waals surface area contributed by atoms with Crippen LogP contribution in [-0.2, 0) is 11.2 Å². The van der Waals surface area contributed by atoms with E-state index in [1.54, 1.807) is 0 Å². The first-order valence-corrected chi connectivity index (χ1v) is 7.73. The van der Waals surface area contributed by atoms with Gasteiger partial charge in [0.1, 0.15) is 0 Å². The molecule has 0 fully saturated rings. The molecule has 1 N–H and O–H groups in total. The maximum atomic E-state index is 12.8. The van der Waals surface area contributed by atoms with Gasteiger partial charge in [-0.25, -0.2) is 5.01 Å². The molecule has 1 aliphatic heterocycles. The lowest BCUT2D eigenvalue weighted by Crippen LogP contribution is -2.28. The number of nitrogens with one attached hydrogen (secondary N) is 1. The Balaban J connectivity index is 1.63. The molecule has 1 aromatic heterocycles. The Morgan fingerprint density at radius 2 is 1.83 bits per heavy atom. The summed E-state index contributed by atoms with van der Waals surface area (Å²) in [6.45, 7) is 1.93. The standard InChI is InChI=1S/C19H17N3O/c1-13-17(11-14-12-20-18-10-6-5-9-16(14)18)19(23)22(21-13)15-7-3-2-4-8-15/h2-10,12,17,20H,11H2,1H3. The Labute approximate surface area is 134 Å². The van der Waals surface area contributed by atoms with E-state index in [1.165, 1.54) is 10.4 Å². The molecule has 114 valence electrons. The first-order valence-electron chi connectivity index (χ1n) is 7.73. The van der Waals surface area contributed by atoms with Gasteiger partial charge in [0.25, 0.3) is 5.91 Å². The molecule has 0 radical (unpaired) electrons. The predicted molar refractivity (Wildman–Crippen MR) is 92.5 cm³/mol. The highest BCUT2D eigenvalue weighted by molar-refractivity contribution is 6.15. The Bertz CT molecular complexity index is 895. The summed E-state index contributed by atoms with van der Waals surface area (Å²) < 4.78 is 0. The number of benzene rings is 2. The van der Waals surface area contributed by atoms with Crippen LogP contribution >= 0.6 is 0 Å². The van der Waals surface area contributed by atoms with Gasteiger partial charge in [0.05, 0.1) is 11.6 Å². The van der Waals surface area contributed by atoms with E-state index in [0.29, 0.717) is 6.42 Å². The molecule has 1 aliphatic rings. The fourth-order valence-electron chi connectivity index (χ4n) is 3.11. The smallest absolute Gasteiger partial charge is 0.256 e. The third-order valence-electron chi connectivity index (χ3n) is 4.37. The molecule has 3 aromatic rings. The molecule has 4 heteroatoms. The number of H-pyrrole nitrogens is 1. The molecule has 4 nitrogen and oxygen atoms in total. The Hall–Kier alpha value is -2.88. The van der Waals surface area contributed by atoms with Crippen LogP contribution in [0.3, 0.4) is 0 Å². The van der Waals surface area contributed by atoms with E-state index in [0.717, 1.165) is 22.5 Å². The number of amides is 1. The van der Waals surface area contributed by atoms with Gasteiger partial charge in [-0.15, -0.1) is 0 Å². The maximum Gasteiger partial charge on any atom is 0.256 e. The van der Waals surface area contributed by atoms with Crippen LogP contribution in [0.25, 0.3) is 10.9 Å². The van der Waals surface area contributed by atoms with Crippen LogP contribution in [0.4, 0.5) is 5.69 Å². The first kappa shape index (κ1) is 13.8. The van der Waals surface area contributed by atoms with Gasteiger partial charge in [0, 0.05) is 22.8 Å². The number of para-hydroxylation sites is 2. The van der Waals surface area contributed by atoms with Crippen LogP contribution in [-0.4, -0.2) is 16.6 Å². The molecule has 0 aliphatic carbocycles. The van der Waals surface area contributed by atoms with Crippen LogP contribution < -0.4 is 5.01 Å². The van der Waals surface area contributed by atoms with Crippen LogP contribution in [0.15, 0.2) is 65.9 Å². The monoisotopic (exact) mass is 303 g/mol. The van der Waals surface area contributed by atoms with Gasteiger partial charge < -0.3 is 4.98 Å². The third kappa shape index (κ3) is 2.32. The van der Waals surface area contributed by atoms with E-state index < -0.39 is 0 Å². The van der Waals surface area contributed by atoms with Gasteiger partial charge in [-0.1, -0.05) is 36.4 Å². The van der Waals surface area contributed by atoms with Crippen molar-refractivity contribution in [2.75, 3.05) is 5.01 Å². The number of hydrogen-bond donors (Lipinski definition) is 1. The second-order valence-electron chi connectivity index (χ2n) is 5.84. The van der Waals surface area contributed by atoms with Crippen molar-refractivity contribution in [3.05, 3.63) is 66.4 Å². The lowest BCUT2D eigenvalue weighted by atomic mass is 9.95. The van der Waals surface area contributed by atoms with Gasteiger partial charge in [-0.3, -0.25) is 4.79 Å².